The molecule has 0 unspecified atom stereocenters. The molecular formula is C11H12N4O2. The summed E-state index contributed by atoms with van der Waals surface area (Å²) < 4.78 is 6.54. The van der Waals surface area contributed by atoms with Crippen molar-refractivity contribution in [2.75, 3.05) is 11.9 Å². The van der Waals surface area contributed by atoms with Crippen molar-refractivity contribution in [3.63, 3.8) is 0 Å². The van der Waals surface area contributed by atoms with Gasteiger partial charge in [0.2, 0.25) is 0 Å². The fourth-order valence-electron chi connectivity index (χ4n) is 1.36. The van der Waals surface area contributed by atoms with E-state index in [9.17, 15) is 4.79 Å². The second-order valence-corrected chi connectivity index (χ2v) is 3.26. The van der Waals surface area contributed by atoms with Crippen LogP contribution in [-0.4, -0.2) is 27.5 Å². The van der Waals surface area contributed by atoms with Crippen LogP contribution in [0.15, 0.2) is 36.9 Å². The zero-order valence-corrected chi connectivity index (χ0v) is 9.33. The summed E-state index contributed by atoms with van der Waals surface area (Å²) in [7, 11) is 0. The second-order valence-electron chi connectivity index (χ2n) is 3.26. The molecule has 0 saturated carbocycles. The number of hydrogen-bond acceptors (Lipinski definition) is 4. The summed E-state index contributed by atoms with van der Waals surface area (Å²) in [5.74, 6) is 0. The van der Waals surface area contributed by atoms with Crippen molar-refractivity contribution in [2.24, 2.45) is 0 Å². The van der Waals surface area contributed by atoms with E-state index >= 15 is 0 Å². The predicted molar refractivity (Wildman–Crippen MR) is 62.0 cm³/mol. The van der Waals surface area contributed by atoms with Crippen LogP contribution in [0.2, 0.25) is 0 Å². The van der Waals surface area contributed by atoms with E-state index in [1.165, 1.54) is 0 Å². The molecule has 0 aliphatic carbocycles. The first-order valence-corrected chi connectivity index (χ1v) is 5.18. The van der Waals surface area contributed by atoms with E-state index in [0.29, 0.717) is 12.3 Å². The average Bonchev–Trinajstić information content (AvgIpc) is 2.83. The molecular weight excluding hydrogens is 220 g/mol. The molecule has 1 heterocycles. The van der Waals surface area contributed by atoms with E-state index in [1.54, 1.807) is 36.3 Å². The molecule has 6 heteroatoms. The molecule has 0 saturated heterocycles. The molecule has 2 aromatic rings. The molecule has 1 aromatic carbocycles. The van der Waals surface area contributed by atoms with Crippen molar-refractivity contribution in [3.05, 3.63) is 36.9 Å². The molecule has 88 valence electrons. The SMILES string of the molecule is CCOC(=O)Nc1cccc(-n2cnnc2)c1. The number of carbonyl (C=O) groups excluding carboxylic acids is 1. The van der Waals surface area contributed by atoms with Gasteiger partial charge in [0.1, 0.15) is 12.7 Å². The number of hydrogen-bond donors (Lipinski definition) is 1. The number of benzene rings is 1. The molecule has 0 spiro atoms. The maximum Gasteiger partial charge on any atom is 0.411 e. The van der Waals surface area contributed by atoms with Gasteiger partial charge in [0.05, 0.1) is 12.3 Å². The van der Waals surface area contributed by atoms with E-state index in [-0.39, 0.29) is 0 Å². The van der Waals surface area contributed by atoms with Crippen molar-refractivity contribution in [3.8, 4) is 5.69 Å². The third-order valence-electron chi connectivity index (χ3n) is 2.08. The van der Waals surface area contributed by atoms with Crippen LogP contribution < -0.4 is 5.32 Å². The molecule has 0 fully saturated rings. The number of aromatic nitrogens is 3. The van der Waals surface area contributed by atoms with Crippen LogP contribution in [0.25, 0.3) is 5.69 Å². The van der Waals surface area contributed by atoms with Crippen LogP contribution in [0.5, 0.6) is 0 Å². The largest absolute Gasteiger partial charge is 0.450 e. The van der Waals surface area contributed by atoms with Gasteiger partial charge in [0.15, 0.2) is 0 Å². The highest BCUT2D eigenvalue weighted by molar-refractivity contribution is 5.84. The van der Waals surface area contributed by atoms with E-state index in [1.807, 2.05) is 12.1 Å². The molecule has 17 heavy (non-hydrogen) atoms. The van der Waals surface area contributed by atoms with E-state index in [2.05, 4.69) is 15.5 Å². The second kappa shape index (κ2) is 5.11. The van der Waals surface area contributed by atoms with Crippen molar-refractivity contribution in [1.29, 1.82) is 0 Å². The summed E-state index contributed by atoms with van der Waals surface area (Å²) in [5, 5.41) is 10.1. The van der Waals surface area contributed by atoms with Gasteiger partial charge in [-0.05, 0) is 25.1 Å². The van der Waals surface area contributed by atoms with Crippen molar-refractivity contribution in [2.45, 2.75) is 6.92 Å². The molecule has 0 aliphatic heterocycles. The fourth-order valence-corrected chi connectivity index (χ4v) is 1.36. The Labute approximate surface area is 98.2 Å². The number of amides is 1. The van der Waals surface area contributed by atoms with Crippen LogP contribution in [0.3, 0.4) is 0 Å². The Morgan fingerprint density at radius 2 is 2.18 bits per heavy atom. The first-order valence-electron chi connectivity index (χ1n) is 5.18. The molecule has 1 aromatic heterocycles. The lowest BCUT2D eigenvalue weighted by Gasteiger charge is -2.07. The molecule has 0 atom stereocenters. The first kappa shape index (κ1) is 11.1. The van der Waals surface area contributed by atoms with E-state index < -0.39 is 6.09 Å². The average molecular weight is 232 g/mol. The van der Waals surface area contributed by atoms with Gasteiger partial charge in [-0.2, -0.15) is 0 Å². The monoisotopic (exact) mass is 232 g/mol. The Morgan fingerprint density at radius 3 is 2.88 bits per heavy atom. The Morgan fingerprint density at radius 1 is 1.41 bits per heavy atom. The summed E-state index contributed by atoms with van der Waals surface area (Å²) in [5.41, 5.74) is 1.53. The lowest BCUT2D eigenvalue weighted by molar-refractivity contribution is 0.168. The highest BCUT2D eigenvalue weighted by Gasteiger charge is 2.03. The molecule has 0 aliphatic rings. The highest BCUT2D eigenvalue weighted by Crippen LogP contribution is 2.14. The van der Waals surface area contributed by atoms with E-state index in [0.717, 1.165) is 5.69 Å². The predicted octanol–water partition coefficient (Wildman–Crippen LogP) is 1.84. The van der Waals surface area contributed by atoms with E-state index in [4.69, 9.17) is 4.74 Å². The van der Waals surface area contributed by atoms with Crippen LogP contribution >= 0.6 is 0 Å². The van der Waals surface area contributed by atoms with Crippen LogP contribution in [0.1, 0.15) is 6.92 Å². The molecule has 0 bridgehead atoms. The third-order valence-corrected chi connectivity index (χ3v) is 2.08. The summed E-state index contributed by atoms with van der Waals surface area (Å²) in [6.45, 7) is 2.10. The number of nitrogens with one attached hydrogen (secondary N) is 1. The first-order chi connectivity index (χ1) is 8.29. The summed E-state index contributed by atoms with van der Waals surface area (Å²) in [6, 6.07) is 7.31. The molecule has 1 N–H and O–H groups in total. The number of nitrogens with zero attached hydrogens (tertiary/aromatic N) is 3. The number of rotatable bonds is 3. The lowest BCUT2D eigenvalue weighted by atomic mass is 10.3. The summed E-state index contributed by atoms with van der Waals surface area (Å²) >= 11 is 0. The Balaban J connectivity index is 2.15. The van der Waals surface area contributed by atoms with Gasteiger partial charge in [-0.3, -0.25) is 9.88 Å². The van der Waals surface area contributed by atoms with Gasteiger partial charge in [-0.1, -0.05) is 6.07 Å². The van der Waals surface area contributed by atoms with Crippen LogP contribution in [0.4, 0.5) is 10.5 Å². The van der Waals surface area contributed by atoms with Crippen molar-refractivity contribution >= 4 is 11.8 Å². The molecule has 0 radical (unpaired) electrons. The van der Waals surface area contributed by atoms with Gasteiger partial charge in [0.25, 0.3) is 0 Å². The fraction of sp³-hybridized carbons (Fsp3) is 0.182. The lowest BCUT2D eigenvalue weighted by Crippen LogP contribution is -2.13. The minimum atomic E-state index is -0.464. The molecule has 6 nitrogen and oxygen atoms in total. The van der Waals surface area contributed by atoms with Crippen LogP contribution in [-0.2, 0) is 4.74 Å². The van der Waals surface area contributed by atoms with Gasteiger partial charge in [-0.25, -0.2) is 4.79 Å². The Bertz CT molecular complexity index is 496. The zero-order valence-electron chi connectivity index (χ0n) is 9.33. The number of anilines is 1. The highest BCUT2D eigenvalue weighted by atomic mass is 16.5. The summed E-state index contributed by atoms with van der Waals surface area (Å²) in [6.07, 6.45) is 2.71. The smallest absolute Gasteiger partial charge is 0.411 e. The Kier molecular flexibility index (Phi) is 3.34. The Hall–Kier alpha value is -2.37. The molecule has 2 rings (SSSR count). The van der Waals surface area contributed by atoms with Gasteiger partial charge >= 0.3 is 6.09 Å². The summed E-state index contributed by atoms with van der Waals surface area (Å²) in [4.78, 5) is 11.2. The van der Waals surface area contributed by atoms with Gasteiger partial charge in [-0.15, -0.1) is 10.2 Å². The number of ether oxygens (including phenoxy) is 1. The number of carbonyl (C=O) groups is 1. The van der Waals surface area contributed by atoms with Crippen molar-refractivity contribution in [1.82, 2.24) is 14.8 Å². The maximum atomic E-state index is 11.2. The van der Waals surface area contributed by atoms with Crippen molar-refractivity contribution < 1.29 is 9.53 Å². The van der Waals surface area contributed by atoms with Gasteiger partial charge in [0, 0.05) is 5.69 Å². The van der Waals surface area contributed by atoms with Gasteiger partial charge < -0.3 is 4.74 Å². The third kappa shape index (κ3) is 2.81. The normalized spacial score (nSPS) is 9.94. The zero-order chi connectivity index (χ0) is 12.1. The molecule has 1 amide bonds. The topological polar surface area (TPSA) is 69.0 Å². The minimum Gasteiger partial charge on any atom is -0.450 e. The van der Waals surface area contributed by atoms with Crippen LogP contribution in [0, 0.1) is 0 Å². The quantitative estimate of drug-likeness (QED) is 0.876. The standard InChI is InChI=1S/C11H12N4O2/c1-2-17-11(16)14-9-4-3-5-10(6-9)15-7-12-13-8-15/h3-8H,2H2,1H3,(H,14,16). The maximum absolute atomic E-state index is 11.2. The minimum absolute atomic E-state index is 0.344.